The SMILES string of the molecule is COc1ccc(NS(=O)(=O)c2cccc(N)c2C)c(C)c1. The Morgan fingerprint density at radius 2 is 1.86 bits per heavy atom. The van der Waals surface area contributed by atoms with Crippen molar-refractivity contribution in [3.63, 3.8) is 0 Å². The lowest BCUT2D eigenvalue weighted by atomic mass is 10.2. The van der Waals surface area contributed by atoms with E-state index in [2.05, 4.69) is 4.72 Å². The van der Waals surface area contributed by atoms with E-state index in [1.807, 2.05) is 6.92 Å². The number of ether oxygens (including phenoxy) is 1. The summed E-state index contributed by atoms with van der Waals surface area (Å²) in [5.41, 5.74) is 8.05. The molecule has 0 unspecified atom stereocenters. The van der Waals surface area contributed by atoms with E-state index in [9.17, 15) is 8.42 Å². The van der Waals surface area contributed by atoms with Crippen LogP contribution in [-0.4, -0.2) is 15.5 Å². The van der Waals surface area contributed by atoms with Gasteiger partial charge in [-0.25, -0.2) is 8.42 Å². The molecule has 0 bridgehead atoms. The molecule has 6 heteroatoms. The molecule has 112 valence electrons. The first kappa shape index (κ1) is 15.2. The highest BCUT2D eigenvalue weighted by Gasteiger charge is 2.18. The second-order valence-corrected chi connectivity index (χ2v) is 6.41. The fraction of sp³-hybridized carbons (Fsp3) is 0.200. The number of sulfonamides is 1. The first-order chi connectivity index (χ1) is 9.85. The van der Waals surface area contributed by atoms with Crippen molar-refractivity contribution in [2.24, 2.45) is 0 Å². The molecule has 0 aliphatic carbocycles. The number of benzene rings is 2. The molecule has 3 N–H and O–H groups in total. The zero-order valence-electron chi connectivity index (χ0n) is 12.2. The third kappa shape index (κ3) is 3.11. The number of rotatable bonds is 4. The van der Waals surface area contributed by atoms with Gasteiger partial charge in [0.25, 0.3) is 10.0 Å². The Bertz CT molecular complexity index is 770. The Hall–Kier alpha value is -2.21. The van der Waals surface area contributed by atoms with Crippen molar-refractivity contribution in [3.05, 3.63) is 47.5 Å². The standard InChI is InChI=1S/C15H18N2O3S/c1-10-9-12(20-3)7-8-14(10)17-21(18,19)15-6-4-5-13(16)11(15)2/h4-9,17H,16H2,1-3H3. The Labute approximate surface area is 124 Å². The summed E-state index contributed by atoms with van der Waals surface area (Å²) in [4.78, 5) is 0.178. The Kier molecular flexibility index (Phi) is 4.09. The number of hydrogen-bond donors (Lipinski definition) is 2. The van der Waals surface area contributed by atoms with Crippen LogP contribution in [0.4, 0.5) is 11.4 Å². The molecule has 0 spiro atoms. The maximum Gasteiger partial charge on any atom is 0.262 e. The Morgan fingerprint density at radius 1 is 1.14 bits per heavy atom. The van der Waals surface area contributed by atoms with Crippen LogP contribution in [-0.2, 0) is 10.0 Å². The summed E-state index contributed by atoms with van der Waals surface area (Å²) in [5.74, 6) is 0.676. The van der Waals surface area contributed by atoms with E-state index >= 15 is 0 Å². The van der Waals surface area contributed by atoms with Crippen molar-refractivity contribution < 1.29 is 13.2 Å². The van der Waals surface area contributed by atoms with Gasteiger partial charge in [-0.15, -0.1) is 0 Å². The van der Waals surface area contributed by atoms with Crippen molar-refractivity contribution in [2.75, 3.05) is 17.6 Å². The van der Waals surface area contributed by atoms with E-state index in [4.69, 9.17) is 10.5 Å². The number of hydrogen-bond acceptors (Lipinski definition) is 4. The second-order valence-electron chi connectivity index (χ2n) is 4.76. The van der Waals surface area contributed by atoms with E-state index in [-0.39, 0.29) is 4.90 Å². The van der Waals surface area contributed by atoms with E-state index in [0.717, 1.165) is 5.56 Å². The smallest absolute Gasteiger partial charge is 0.262 e. The van der Waals surface area contributed by atoms with Crippen molar-refractivity contribution in [2.45, 2.75) is 18.7 Å². The monoisotopic (exact) mass is 306 g/mol. The minimum absolute atomic E-state index is 0.178. The van der Waals surface area contributed by atoms with Crippen LogP contribution in [0.15, 0.2) is 41.3 Å². The van der Waals surface area contributed by atoms with Crippen LogP contribution in [0.3, 0.4) is 0 Å². The minimum Gasteiger partial charge on any atom is -0.497 e. The van der Waals surface area contributed by atoms with Gasteiger partial charge in [-0.1, -0.05) is 6.07 Å². The number of nitrogens with two attached hydrogens (primary N) is 1. The van der Waals surface area contributed by atoms with Gasteiger partial charge in [0, 0.05) is 5.69 Å². The molecular weight excluding hydrogens is 288 g/mol. The van der Waals surface area contributed by atoms with Crippen LogP contribution in [0, 0.1) is 13.8 Å². The number of anilines is 2. The molecule has 0 amide bonds. The van der Waals surface area contributed by atoms with Gasteiger partial charge in [-0.2, -0.15) is 0 Å². The number of nitrogen functional groups attached to an aromatic ring is 1. The minimum atomic E-state index is -3.68. The maximum atomic E-state index is 12.5. The topological polar surface area (TPSA) is 81.4 Å². The highest BCUT2D eigenvalue weighted by Crippen LogP contribution is 2.26. The largest absolute Gasteiger partial charge is 0.497 e. The van der Waals surface area contributed by atoms with E-state index in [1.165, 1.54) is 6.07 Å². The Morgan fingerprint density at radius 3 is 2.48 bits per heavy atom. The highest BCUT2D eigenvalue weighted by molar-refractivity contribution is 7.92. The maximum absolute atomic E-state index is 12.5. The van der Waals surface area contributed by atoms with Gasteiger partial charge in [0.2, 0.25) is 0 Å². The summed E-state index contributed by atoms with van der Waals surface area (Å²) in [5, 5.41) is 0. The number of aryl methyl sites for hydroxylation is 1. The van der Waals surface area contributed by atoms with Crippen LogP contribution in [0.1, 0.15) is 11.1 Å². The molecule has 0 radical (unpaired) electrons. The highest BCUT2D eigenvalue weighted by atomic mass is 32.2. The summed E-state index contributed by atoms with van der Waals surface area (Å²) < 4.78 is 32.7. The molecule has 0 saturated heterocycles. The summed E-state index contributed by atoms with van der Waals surface area (Å²) in [7, 11) is -2.12. The molecule has 2 aromatic carbocycles. The molecule has 0 aliphatic rings. The fourth-order valence-corrected chi connectivity index (χ4v) is 3.41. The van der Waals surface area contributed by atoms with Gasteiger partial charge >= 0.3 is 0 Å². The summed E-state index contributed by atoms with van der Waals surface area (Å²) in [6, 6.07) is 9.98. The average Bonchev–Trinajstić information content (AvgIpc) is 2.43. The molecule has 0 heterocycles. The number of methoxy groups -OCH3 is 1. The normalized spacial score (nSPS) is 11.2. The van der Waals surface area contributed by atoms with Crippen molar-refractivity contribution in [3.8, 4) is 5.75 Å². The summed E-state index contributed by atoms with van der Waals surface area (Å²) >= 11 is 0. The molecule has 0 atom stereocenters. The fourth-order valence-electron chi connectivity index (χ4n) is 2.00. The van der Waals surface area contributed by atoms with Crippen molar-refractivity contribution in [1.82, 2.24) is 0 Å². The van der Waals surface area contributed by atoms with E-state index in [0.29, 0.717) is 22.7 Å². The van der Waals surface area contributed by atoms with Gasteiger partial charge in [0.05, 0.1) is 17.7 Å². The van der Waals surface area contributed by atoms with Crippen LogP contribution in [0.25, 0.3) is 0 Å². The van der Waals surface area contributed by atoms with Gasteiger partial charge in [-0.3, -0.25) is 4.72 Å². The molecular formula is C15H18N2O3S. The van der Waals surface area contributed by atoms with Crippen LogP contribution >= 0.6 is 0 Å². The predicted octanol–water partition coefficient (Wildman–Crippen LogP) is 2.70. The molecule has 0 fully saturated rings. The van der Waals surface area contributed by atoms with Crippen molar-refractivity contribution >= 4 is 21.4 Å². The lowest BCUT2D eigenvalue weighted by Crippen LogP contribution is -2.15. The predicted molar refractivity (Wildman–Crippen MR) is 84.1 cm³/mol. The van der Waals surface area contributed by atoms with Crippen molar-refractivity contribution in [1.29, 1.82) is 0 Å². The average molecular weight is 306 g/mol. The molecule has 2 rings (SSSR count). The van der Waals surface area contributed by atoms with Crippen LogP contribution in [0.5, 0.6) is 5.75 Å². The summed E-state index contributed by atoms with van der Waals surface area (Å²) in [6.07, 6.45) is 0. The van der Waals surface area contributed by atoms with Gasteiger partial charge in [-0.05, 0) is 55.3 Å². The lowest BCUT2D eigenvalue weighted by Gasteiger charge is -2.14. The first-order valence-corrected chi connectivity index (χ1v) is 7.86. The molecule has 0 saturated carbocycles. The van der Waals surface area contributed by atoms with Crippen LogP contribution in [0.2, 0.25) is 0 Å². The molecule has 2 aromatic rings. The summed E-state index contributed by atoms with van der Waals surface area (Å²) in [6.45, 7) is 3.50. The van der Waals surface area contributed by atoms with E-state index < -0.39 is 10.0 Å². The molecule has 0 aromatic heterocycles. The zero-order valence-corrected chi connectivity index (χ0v) is 13.0. The quantitative estimate of drug-likeness (QED) is 0.851. The van der Waals surface area contributed by atoms with Gasteiger partial charge in [0.1, 0.15) is 5.75 Å². The van der Waals surface area contributed by atoms with Crippen LogP contribution < -0.4 is 15.2 Å². The first-order valence-electron chi connectivity index (χ1n) is 6.37. The number of nitrogens with one attached hydrogen (secondary N) is 1. The van der Waals surface area contributed by atoms with E-state index in [1.54, 1.807) is 44.4 Å². The van der Waals surface area contributed by atoms with Gasteiger partial charge < -0.3 is 10.5 Å². The lowest BCUT2D eigenvalue weighted by molar-refractivity contribution is 0.414. The second kappa shape index (κ2) is 5.65. The molecule has 0 aliphatic heterocycles. The Balaban J connectivity index is 2.40. The van der Waals surface area contributed by atoms with Gasteiger partial charge in [0.15, 0.2) is 0 Å². The molecule has 21 heavy (non-hydrogen) atoms. The zero-order chi connectivity index (χ0) is 15.6. The molecule has 5 nitrogen and oxygen atoms in total. The third-order valence-corrected chi connectivity index (χ3v) is 4.80. The third-order valence-electron chi connectivity index (χ3n) is 3.29.